The number of hydrogen-bond donors (Lipinski definition) is 1. The highest BCUT2D eigenvalue weighted by Crippen LogP contribution is 2.39. The van der Waals surface area contributed by atoms with E-state index in [1.54, 1.807) is 0 Å². The number of morpholine rings is 1. The van der Waals surface area contributed by atoms with E-state index in [1.807, 2.05) is 67.8 Å². The van der Waals surface area contributed by atoms with Crippen molar-refractivity contribution in [1.29, 1.82) is 0 Å². The lowest BCUT2D eigenvalue weighted by molar-refractivity contribution is -0.00541. The molecule has 3 heterocycles. The van der Waals surface area contributed by atoms with Crippen LogP contribution in [0, 0.1) is 6.92 Å². The molecule has 186 valence electrons. The van der Waals surface area contributed by atoms with Crippen LogP contribution in [0.1, 0.15) is 36.7 Å². The normalized spacial score (nSPS) is 17.8. The molecule has 0 spiro atoms. The van der Waals surface area contributed by atoms with Crippen LogP contribution in [-0.2, 0) is 9.47 Å². The second-order valence-corrected chi connectivity index (χ2v) is 9.99. The molecular weight excluding hydrogens is 472 g/mol. The van der Waals surface area contributed by atoms with Crippen LogP contribution in [-0.4, -0.2) is 47.8 Å². The molecule has 1 fully saturated rings. The fourth-order valence-electron chi connectivity index (χ4n) is 4.55. The molecule has 1 saturated heterocycles. The summed E-state index contributed by atoms with van der Waals surface area (Å²) in [6.45, 7) is 9.70. The Morgan fingerprint density at radius 2 is 1.75 bits per heavy atom. The van der Waals surface area contributed by atoms with Crippen molar-refractivity contribution in [3.8, 4) is 11.1 Å². The Kier molecular flexibility index (Phi) is 6.89. The first kappa shape index (κ1) is 24.2. The Morgan fingerprint density at radius 1 is 1.08 bits per heavy atom. The topological polar surface area (TPSA) is 76.6 Å². The summed E-state index contributed by atoms with van der Waals surface area (Å²) >= 11 is 1.46. The molecule has 7 nitrogen and oxygen atoms in total. The van der Waals surface area contributed by atoms with Crippen molar-refractivity contribution in [2.45, 2.75) is 39.9 Å². The highest BCUT2D eigenvalue weighted by atomic mass is 32.1. The van der Waals surface area contributed by atoms with Gasteiger partial charge in [0.2, 0.25) is 0 Å². The maximum Gasteiger partial charge on any atom is 0.341 e. The Hall–Kier alpha value is -3.49. The van der Waals surface area contributed by atoms with E-state index in [0.29, 0.717) is 36.1 Å². The molecule has 0 aliphatic carbocycles. The number of fused-ring (bicyclic) bond motifs is 1. The van der Waals surface area contributed by atoms with Crippen LogP contribution < -0.4 is 10.2 Å². The lowest BCUT2D eigenvalue weighted by Crippen LogP contribution is -2.46. The molecule has 8 heteroatoms. The number of hydrogen-bond acceptors (Lipinski definition) is 8. The smallest absolute Gasteiger partial charge is 0.341 e. The Bertz CT molecular complexity index is 1380. The fourth-order valence-corrected chi connectivity index (χ4v) is 5.51. The number of benzene rings is 2. The molecule has 2 aromatic carbocycles. The standard InChI is InChI=1S/C28H30N4O3S/c1-5-34-28(33)24-21(20-12-10-17(2)11-13-20)16-36-27(24)31-25-26(32-14-18(3)35-19(4)15-32)30-23-9-7-6-8-22(23)29-25/h6-13,16,18-19H,5,14-15H2,1-4H3,(H,29,31). The molecular formula is C28H30N4O3S. The lowest BCUT2D eigenvalue weighted by Gasteiger charge is -2.36. The van der Waals surface area contributed by atoms with Gasteiger partial charge in [-0.2, -0.15) is 0 Å². The molecule has 0 radical (unpaired) electrons. The van der Waals surface area contributed by atoms with Crippen LogP contribution in [0.2, 0.25) is 0 Å². The van der Waals surface area contributed by atoms with Crippen molar-refractivity contribution in [3.63, 3.8) is 0 Å². The summed E-state index contributed by atoms with van der Waals surface area (Å²) in [5.41, 5.74) is 5.08. The monoisotopic (exact) mass is 502 g/mol. The summed E-state index contributed by atoms with van der Waals surface area (Å²) in [6.07, 6.45) is 0.139. The third kappa shape index (κ3) is 4.92. The van der Waals surface area contributed by atoms with Crippen molar-refractivity contribution in [2.75, 3.05) is 29.9 Å². The van der Waals surface area contributed by atoms with Gasteiger partial charge in [0.1, 0.15) is 10.6 Å². The van der Waals surface area contributed by atoms with Crippen LogP contribution in [0.4, 0.5) is 16.6 Å². The van der Waals surface area contributed by atoms with E-state index in [-0.39, 0.29) is 18.2 Å². The number of para-hydroxylation sites is 2. The zero-order chi connectivity index (χ0) is 25.2. The van der Waals surface area contributed by atoms with E-state index in [0.717, 1.165) is 33.5 Å². The summed E-state index contributed by atoms with van der Waals surface area (Å²) in [6, 6.07) is 16.0. The first-order valence-corrected chi connectivity index (χ1v) is 13.1. The van der Waals surface area contributed by atoms with E-state index in [1.165, 1.54) is 11.3 Å². The van der Waals surface area contributed by atoms with Gasteiger partial charge in [0, 0.05) is 24.0 Å². The molecule has 5 rings (SSSR count). The van der Waals surface area contributed by atoms with Crippen molar-refractivity contribution >= 4 is 45.0 Å². The van der Waals surface area contributed by atoms with E-state index >= 15 is 0 Å². The highest BCUT2D eigenvalue weighted by Gasteiger charge is 2.28. The molecule has 2 atom stereocenters. The predicted octanol–water partition coefficient (Wildman–Crippen LogP) is 6.20. The molecule has 1 aliphatic rings. The first-order valence-electron chi connectivity index (χ1n) is 12.2. The largest absolute Gasteiger partial charge is 0.462 e. The first-order chi connectivity index (χ1) is 17.4. The van der Waals surface area contributed by atoms with E-state index in [4.69, 9.17) is 19.4 Å². The third-order valence-electron chi connectivity index (χ3n) is 6.14. The van der Waals surface area contributed by atoms with Crippen LogP contribution >= 0.6 is 11.3 Å². The number of nitrogens with one attached hydrogen (secondary N) is 1. The minimum absolute atomic E-state index is 0.0693. The number of esters is 1. The van der Waals surface area contributed by atoms with Crippen molar-refractivity contribution in [3.05, 3.63) is 65.0 Å². The van der Waals surface area contributed by atoms with E-state index in [9.17, 15) is 4.79 Å². The number of ether oxygens (including phenoxy) is 2. The Balaban J connectivity index is 1.61. The SMILES string of the molecule is CCOC(=O)c1c(-c2ccc(C)cc2)csc1Nc1nc2ccccc2nc1N1CC(C)OC(C)C1. The average Bonchev–Trinajstić information content (AvgIpc) is 3.27. The van der Waals surface area contributed by atoms with E-state index < -0.39 is 0 Å². The molecule has 1 N–H and O–H groups in total. The second kappa shape index (κ2) is 10.2. The Labute approximate surface area is 215 Å². The summed E-state index contributed by atoms with van der Waals surface area (Å²) < 4.78 is 11.4. The number of rotatable bonds is 6. The minimum Gasteiger partial charge on any atom is -0.462 e. The molecule has 2 aromatic heterocycles. The van der Waals surface area contributed by atoms with Gasteiger partial charge in [-0.1, -0.05) is 42.0 Å². The number of carbonyl (C=O) groups is 1. The molecule has 4 aromatic rings. The van der Waals surface area contributed by atoms with Crippen LogP contribution in [0.25, 0.3) is 22.2 Å². The molecule has 2 unspecified atom stereocenters. The van der Waals surface area contributed by atoms with E-state index in [2.05, 4.69) is 24.1 Å². The number of thiophene rings is 1. The van der Waals surface area contributed by atoms with Crippen molar-refractivity contribution in [1.82, 2.24) is 9.97 Å². The number of aryl methyl sites for hydroxylation is 1. The van der Waals surface area contributed by atoms with Gasteiger partial charge in [-0.15, -0.1) is 11.3 Å². The molecule has 0 amide bonds. The Morgan fingerprint density at radius 3 is 2.42 bits per heavy atom. The average molecular weight is 503 g/mol. The summed E-state index contributed by atoms with van der Waals surface area (Å²) in [5, 5.41) is 6.14. The van der Waals surface area contributed by atoms with Gasteiger partial charge in [-0.3, -0.25) is 0 Å². The summed E-state index contributed by atoms with van der Waals surface area (Å²) in [4.78, 5) is 25.3. The van der Waals surface area contributed by atoms with Crippen molar-refractivity contribution in [2.24, 2.45) is 0 Å². The van der Waals surface area contributed by atoms with Crippen LogP contribution in [0.15, 0.2) is 53.9 Å². The number of nitrogens with zero attached hydrogens (tertiary/aromatic N) is 3. The van der Waals surface area contributed by atoms with Gasteiger partial charge in [0.05, 0.1) is 29.8 Å². The lowest BCUT2D eigenvalue weighted by atomic mass is 10.0. The number of aromatic nitrogens is 2. The zero-order valence-corrected chi connectivity index (χ0v) is 21.8. The number of anilines is 3. The molecule has 36 heavy (non-hydrogen) atoms. The molecule has 0 bridgehead atoms. The summed E-state index contributed by atoms with van der Waals surface area (Å²) in [5.74, 6) is 0.995. The van der Waals surface area contributed by atoms with Gasteiger partial charge in [-0.25, -0.2) is 14.8 Å². The molecule has 0 saturated carbocycles. The predicted molar refractivity (Wildman–Crippen MR) is 145 cm³/mol. The minimum atomic E-state index is -0.360. The van der Waals surface area contributed by atoms with Gasteiger partial charge in [0.25, 0.3) is 0 Å². The number of carbonyl (C=O) groups excluding carboxylic acids is 1. The maximum atomic E-state index is 13.1. The van der Waals surface area contributed by atoms with Gasteiger partial charge in [-0.05, 0) is 45.4 Å². The second-order valence-electron chi connectivity index (χ2n) is 9.11. The van der Waals surface area contributed by atoms with Gasteiger partial charge < -0.3 is 19.7 Å². The molecule has 1 aliphatic heterocycles. The summed E-state index contributed by atoms with van der Waals surface area (Å²) in [7, 11) is 0. The third-order valence-corrected chi connectivity index (χ3v) is 7.03. The van der Waals surface area contributed by atoms with Gasteiger partial charge >= 0.3 is 5.97 Å². The van der Waals surface area contributed by atoms with Crippen LogP contribution in [0.3, 0.4) is 0 Å². The maximum absolute atomic E-state index is 13.1. The van der Waals surface area contributed by atoms with Crippen molar-refractivity contribution < 1.29 is 14.3 Å². The van der Waals surface area contributed by atoms with Gasteiger partial charge in [0.15, 0.2) is 11.6 Å². The van der Waals surface area contributed by atoms with Crippen LogP contribution in [0.5, 0.6) is 0 Å². The zero-order valence-electron chi connectivity index (χ0n) is 20.9. The fraction of sp³-hybridized carbons (Fsp3) is 0.321. The highest BCUT2D eigenvalue weighted by molar-refractivity contribution is 7.15. The quantitative estimate of drug-likeness (QED) is 0.315.